The molecule has 0 unspecified atom stereocenters. The molecule has 2 aromatic rings. The Hall–Kier alpha value is -3.39. The zero-order valence-electron chi connectivity index (χ0n) is 19.9. The van der Waals surface area contributed by atoms with Crippen LogP contribution in [-0.4, -0.2) is 56.0 Å². The summed E-state index contributed by atoms with van der Waals surface area (Å²) in [6, 6.07) is 15.2. The molecule has 35 heavy (non-hydrogen) atoms. The van der Waals surface area contributed by atoms with E-state index in [2.05, 4.69) is 22.8 Å². The van der Waals surface area contributed by atoms with Crippen molar-refractivity contribution in [2.45, 2.75) is 37.6 Å². The van der Waals surface area contributed by atoms with Gasteiger partial charge in [-0.25, -0.2) is 4.79 Å². The molecule has 2 aliphatic carbocycles. The van der Waals surface area contributed by atoms with Crippen LogP contribution >= 0.6 is 0 Å². The molecule has 2 amide bonds. The first-order chi connectivity index (χ1) is 17.0. The zero-order valence-corrected chi connectivity index (χ0v) is 19.9. The third-order valence-electron chi connectivity index (χ3n) is 7.05. The second-order valence-corrected chi connectivity index (χ2v) is 9.21. The predicted molar refractivity (Wildman–Crippen MR) is 130 cm³/mol. The van der Waals surface area contributed by atoms with Gasteiger partial charge in [-0.1, -0.05) is 61.4 Å². The van der Waals surface area contributed by atoms with Crippen molar-refractivity contribution in [3.63, 3.8) is 0 Å². The summed E-state index contributed by atoms with van der Waals surface area (Å²) in [4.78, 5) is 36.9. The highest BCUT2D eigenvalue weighted by Gasteiger charge is 2.32. The Kier molecular flexibility index (Phi) is 8.02. The minimum Gasteiger partial charge on any atom is -0.481 e. The summed E-state index contributed by atoms with van der Waals surface area (Å²) in [5, 5.41) is 14.8. The Labute approximate surface area is 205 Å². The molecule has 4 rings (SSSR count). The largest absolute Gasteiger partial charge is 0.481 e. The summed E-state index contributed by atoms with van der Waals surface area (Å²) in [6.07, 6.45) is 2.51. The molecule has 8 heteroatoms. The number of aliphatic carboxylic acids is 1. The summed E-state index contributed by atoms with van der Waals surface area (Å²) >= 11 is 0. The fourth-order valence-electron chi connectivity index (χ4n) is 5.26. The number of carboxylic acids is 1. The smallest absolute Gasteiger partial charge is 0.407 e. The van der Waals surface area contributed by atoms with Crippen LogP contribution in [0.25, 0.3) is 11.1 Å². The molecule has 3 atom stereocenters. The molecule has 1 saturated carbocycles. The first-order valence-corrected chi connectivity index (χ1v) is 12.1. The molecular weight excluding hydrogens is 448 g/mol. The van der Waals surface area contributed by atoms with E-state index < -0.39 is 29.9 Å². The first kappa shape index (κ1) is 24.7. The lowest BCUT2D eigenvalue weighted by Gasteiger charge is -2.29. The van der Waals surface area contributed by atoms with Gasteiger partial charge < -0.3 is 25.2 Å². The molecule has 1 fully saturated rings. The number of ether oxygens (including phenoxy) is 2. The van der Waals surface area contributed by atoms with E-state index in [9.17, 15) is 19.5 Å². The van der Waals surface area contributed by atoms with E-state index in [0.29, 0.717) is 6.42 Å². The van der Waals surface area contributed by atoms with E-state index >= 15 is 0 Å². The number of hydrogen-bond donors (Lipinski definition) is 3. The van der Waals surface area contributed by atoms with E-state index in [1.807, 2.05) is 36.4 Å². The predicted octanol–water partition coefficient (Wildman–Crippen LogP) is 3.55. The molecule has 0 saturated heterocycles. The lowest BCUT2D eigenvalue weighted by atomic mass is 9.79. The van der Waals surface area contributed by atoms with E-state index in [4.69, 9.17) is 9.47 Å². The molecule has 0 bridgehead atoms. The Bertz CT molecular complexity index is 1030. The Morgan fingerprint density at radius 2 is 1.63 bits per heavy atom. The Morgan fingerprint density at radius 3 is 2.26 bits per heavy atom. The second-order valence-electron chi connectivity index (χ2n) is 9.21. The molecule has 186 valence electrons. The quantitative estimate of drug-likeness (QED) is 0.506. The lowest BCUT2D eigenvalue weighted by Crippen LogP contribution is -2.51. The maximum Gasteiger partial charge on any atom is 0.407 e. The number of benzene rings is 2. The average molecular weight is 481 g/mol. The van der Waals surface area contributed by atoms with Crippen LogP contribution in [0.3, 0.4) is 0 Å². The highest BCUT2D eigenvalue weighted by molar-refractivity contribution is 5.86. The van der Waals surface area contributed by atoms with Crippen molar-refractivity contribution in [3.05, 3.63) is 59.7 Å². The van der Waals surface area contributed by atoms with Gasteiger partial charge in [0.05, 0.1) is 12.5 Å². The van der Waals surface area contributed by atoms with E-state index in [0.717, 1.165) is 41.5 Å². The minimum absolute atomic E-state index is 0.0247. The van der Waals surface area contributed by atoms with E-state index in [1.54, 1.807) is 0 Å². The van der Waals surface area contributed by atoms with Crippen molar-refractivity contribution in [1.82, 2.24) is 10.6 Å². The zero-order chi connectivity index (χ0) is 24.8. The van der Waals surface area contributed by atoms with Crippen LogP contribution in [0.15, 0.2) is 48.5 Å². The van der Waals surface area contributed by atoms with Gasteiger partial charge in [-0.05, 0) is 41.0 Å². The highest BCUT2D eigenvalue weighted by atomic mass is 16.5. The Balaban J connectivity index is 1.33. The number of methoxy groups -OCH3 is 1. The van der Waals surface area contributed by atoms with Gasteiger partial charge in [0.1, 0.15) is 12.6 Å². The number of carbonyl (C=O) groups excluding carboxylic acids is 2. The molecular formula is C27H32N2O6. The molecule has 0 heterocycles. The van der Waals surface area contributed by atoms with Gasteiger partial charge >= 0.3 is 12.1 Å². The molecule has 2 aromatic carbocycles. The minimum atomic E-state index is -0.942. The van der Waals surface area contributed by atoms with Gasteiger partial charge in [-0.2, -0.15) is 0 Å². The number of rotatable bonds is 9. The van der Waals surface area contributed by atoms with Crippen molar-refractivity contribution in [2.75, 3.05) is 26.9 Å². The SMILES string of the molecule is COC[C@H](NC(=O)OCC1c2ccccc2-c2ccccc21)C(=O)NC[C@@H]1CCCC[C@@H]1C(=O)O. The van der Waals surface area contributed by atoms with Gasteiger partial charge in [-0.15, -0.1) is 0 Å². The van der Waals surface area contributed by atoms with Crippen LogP contribution in [0.2, 0.25) is 0 Å². The summed E-state index contributed by atoms with van der Waals surface area (Å²) in [5.41, 5.74) is 4.48. The summed E-state index contributed by atoms with van der Waals surface area (Å²) in [6.45, 7) is 0.370. The number of hydrogen-bond acceptors (Lipinski definition) is 5. The molecule has 0 radical (unpaired) electrons. The van der Waals surface area contributed by atoms with Gasteiger partial charge in [-0.3, -0.25) is 9.59 Å². The van der Waals surface area contributed by atoms with Gasteiger partial charge in [0.25, 0.3) is 0 Å². The third-order valence-corrected chi connectivity index (χ3v) is 7.05. The maximum absolute atomic E-state index is 12.8. The summed E-state index contributed by atoms with van der Waals surface area (Å²) < 4.78 is 10.7. The average Bonchev–Trinajstić information content (AvgIpc) is 3.19. The van der Waals surface area contributed by atoms with Crippen LogP contribution in [-0.2, 0) is 19.1 Å². The van der Waals surface area contributed by atoms with Crippen molar-refractivity contribution in [1.29, 1.82) is 0 Å². The molecule has 0 aliphatic heterocycles. The van der Waals surface area contributed by atoms with Crippen LogP contribution in [0, 0.1) is 11.8 Å². The Morgan fingerprint density at radius 1 is 1.00 bits per heavy atom. The van der Waals surface area contributed by atoms with Crippen molar-refractivity contribution in [2.24, 2.45) is 11.8 Å². The number of carbonyl (C=O) groups is 3. The second kappa shape index (κ2) is 11.4. The first-order valence-electron chi connectivity index (χ1n) is 12.1. The van der Waals surface area contributed by atoms with Crippen LogP contribution in [0.1, 0.15) is 42.7 Å². The number of carboxylic acid groups (broad SMARTS) is 1. The lowest BCUT2D eigenvalue weighted by molar-refractivity contribution is -0.145. The maximum atomic E-state index is 12.8. The topological polar surface area (TPSA) is 114 Å². The van der Waals surface area contributed by atoms with E-state index in [-0.39, 0.29) is 31.6 Å². The number of nitrogens with one attached hydrogen (secondary N) is 2. The van der Waals surface area contributed by atoms with Crippen molar-refractivity contribution >= 4 is 18.0 Å². The molecule has 2 aliphatic rings. The fourth-order valence-corrected chi connectivity index (χ4v) is 5.26. The number of fused-ring (bicyclic) bond motifs is 3. The number of alkyl carbamates (subject to hydrolysis) is 1. The molecule has 3 N–H and O–H groups in total. The number of amides is 2. The van der Waals surface area contributed by atoms with Crippen molar-refractivity contribution in [3.8, 4) is 11.1 Å². The van der Waals surface area contributed by atoms with Gasteiger partial charge in [0.15, 0.2) is 0 Å². The van der Waals surface area contributed by atoms with Crippen LogP contribution < -0.4 is 10.6 Å². The molecule has 0 aromatic heterocycles. The third kappa shape index (κ3) is 5.65. The molecule has 0 spiro atoms. The van der Waals surface area contributed by atoms with Crippen LogP contribution in [0.4, 0.5) is 4.79 Å². The normalized spacial score (nSPS) is 19.8. The van der Waals surface area contributed by atoms with Gasteiger partial charge in [0.2, 0.25) is 5.91 Å². The van der Waals surface area contributed by atoms with E-state index in [1.165, 1.54) is 7.11 Å². The fraction of sp³-hybridized carbons (Fsp3) is 0.444. The standard InChI is InChI=1S/C27H32N2O6/c1-34-16-24(25(30)28-14-17-8-2-3-9-18(17)26(31)32)29-27(33)35-15-23-21-12-6-4-10-19(21)20-11-5-7-13-22(20)23/h4-7,10-13,17-18,23-24H,2-3,8-9,14-16H2,1H3,(H,28,30)(H,29,33)(H,31,32)/t17-,18-,24-/m0/s1. The molecule has 8 nitrogen and oxygen atoms in total. The monoisotopic (exact) mass is 480 g/mol. The summed E-state index contributed by atoms with van der Waals surface area (Å²) in [5.74, 6) is -1.91. The summed E-state index contributed by atoms with van der Waals surface area (Å²) in [7, 11) is 1.45. The highest BCUT2D eigenvalue weighted by Crippen LogP contribution is 2.44. The van der Waals surface area contributed by atoms with Crippen molar-refractivity contribution < 1.29 is 29.0 Å². The van der Waals surface area contributed by atoms with Gasteiger partial charge in [0, 0.05) is 19.6 Å². The van der Waals surface area contributed by atoms with Crippen LogP contribution in [0.5, 0.6) is 0 Å².